The molecule has 0 radical (unpaired) electrons. The molecule has 2 rings (SSSR count). The van der Waals surface area contributed by atoms with E-state index in [2.05, 4.69) is 23.9 Å². The van der Waals surface area contributed by atoms with Crippen LogP contribution < -0.4 is 5.73 Å². The average molecular weight is 225 g/mol. The highest BCUT2D eigenvalue weighted by atomic mass is 15.3. The van der Waals surface area contributed by atoms with Crippen molar-refractivity contribution < 1.29 is 0 Å². The summed E-state index contributed by atoms with van der Waals surface area (Å²) in [7, 11) is 4.45. The van der Waals surface area contributed by atoms with Gasteiger partial charge in [-0.25, -0.2) is 0 Å². The Morgan fingerprint density at radius 1 is 1.06 bits per heavy atom. The Labute approximate surface area is 100.0 Å². The van der Waals surface area contributed by atoms with Crippen LogP contribution in [-0.2, 0) is 0 Å². The topological polar surface area (TPSA) is 32.5 Å². The van der Waals surface area contributed by atoms with Crippen molar-refractivity contribution in [3.8, 4) is 0 Å². The van der Waals surface area contributed by atoms with E-state index in [4.69, 9.17) is 5.73 Å². The molecule has 0 aromatic rings. The van der Waals surface area contributed by atoms with Gasteiger partial charge in [-0.3, -0.25) is 4.90 Å². The van der Waals surface area contributed by atoms with Crippen LogP contribution in [0, 0.1) is 5.92 Å². The van der Waals surface area contributed by atoms with E-state index in [0.717, 1.165) is 12.5 Å². The van der Waals surface area contributed by atoms with Gasteiger partial charge in [0.1, 0.15) is 0 Å². The van der Waals surface area contributed by atoms with Crippen molar-refractivity contribution in [2.75, 3.05) is 33.7 Å². The van der Waals surface area contributed by atoms with Gasteiger partial charge < -0.3 is 10.6 Å². The molecule has 2 fully saturated rings. The molecule has 0 aromatic heterocycles. The molecule has 94 valence electrons. The van der Waals surface area contributed by atoms with Crippen molar-refractivity contribution >= 4 is 0 Å². The van der Waals surface area contributed by atoms with Gasteiger partial charge in [0.15, 0.2) is 0 Å². The van der Waals surface area contributed by atoms with Crippen molar-refractivity contribution in [2.45, 2.75) is 44.2 Å². The number of nitrogens with zero attached hydrogens (tertiary/aromatic N) is 2. The fourth-order valence-electron chi connectivity index (χ4n) is 3.29. The van der Waals surface area contributed by atoms with E-state index < -0.39 is 0 Å². The van der Waals surface area contributed by atoms with Crippen LogP contribution in [0.2, 0.25) is 0 Å². The standard InChI is InChI=1S/C13H27N3/c1-15-8-9-16(2)12(10-15)13(14)11-6-4-3-5-7-11/h11-13H,3-10,14H2,1-2H3. The third-order valence-corrected chi connectivity index (χ3v) is 4.54. The second-order valence-electron chi connectivity index (χ2n) is 5.79. The van der Waals surface area contributed by atoms with Crippen LogP contribution in [0.1, 0.15) is 32.1 Å². The zero-order valence-electron chi connectivity index (χ0n) is 10.9. The van der Waals surface area contributed by atoms with Gasteiger partial charge in [0.25, 0.3) is 0 Å². The normalized spacial score (nSPS) is 32.8. The van der Waals surface area contributed by atoms with E-state index in [1.54, 1.807) is 0 Å². The Morgan fingerprint density at radius 3 is 2.44 bits per heavy atom. The maximum atomic E-state index is 6.51. The molecule has 16 heavy (non-hydrogen) atoms. The first-order valence-electron chi connectivity index (χ1n) is 6.83. The third kappa shape index (κ3) is 2.76. The lowest BCUT2D eigenvalue weighted by molar-refractivity contribution is 0.0751. The van der Waals surface area contributed by atoms with Crippen molar-refractivity contribution in [2.24, 2.45) is 11.7 Å². The summed E-state index contributed by atoms with van der Waals surface area (Å²) in [5.74, 6) is 0.771. The van der Waals surface area contributed by atoms with E-state index in [1.165, 1.54) is 45.2 Å². The van der Waals surface area contributed by atoms with E-state index in [-0.39, 0.29) is 0 Å². The van der Waals surface area contributed by atoms with Crippen molar-refractivity contribution in [1.82, 2.24) is 9.80 Å². The molecule has 3 heteroatoms. The molecule has 3 nitrogen and oxygen atoms in total. The Bertz CT molecular complexity index is 213. The number of piperazine rings is 1. The minimum Gasteiger partial charge on any atom is -0.326 e. The van der Waals surface area contributed by atoms with Gasteiger partial charge in [-0.2, -0.15) is 0 Å². The molecular weight excluding hydrogens is 198 g/mol. The quantitative estimate of drug-likeness (QED) is 0.765. The molecule has 2 aliphatic rings. The summed E-state index contributed by atoms with van der Waals surface area (Å²) in [6.07, 6.45) is 6.92. The molecule has 1 aliphatic heterocycles. The lowest BCUT2D eigenvalue weighted by atomic mass is 9.80. The number of hydrogen-bond donors (Lipinski definition) is 1. The number of likely N-dealkylation sites (N-methyl/N-ethyl adjacent to an activating group) is 2. The van der Waals surface area contributed by atoms with Gasteiger partial charge in [0, 0.05) is 31.7 Å². The number of hydrogen-bond acceptors (Lipinski definition) is 3. The Kier molecular flexibility index (Phi) is 4.22. The van der Waals surface area contributed by atoms with Crippen molar-refractivity contribution in [1.29, 1.82) is 0 Å². The molecule has 1 saturated heterocycles. The summed E-state index contributed by atoms with van der Waals surface area (Å²) in [5, 5.41) is 0. The highest BCUT2D eigenvalue weighted by Crippen LogP contribution is 2.28. The predicted molar refractivity (Wildman–Crippen MR) is 68.5 cm³/mol. The summed E-state index contributed by atoms with van der Waals surface area (Å²) in [6, 6.07) is 0.954. The fourth-order valence-corrected chi connectivity index (χ4v) is 3.29. The molecule has 0 aromatic carbocycles. The molecule has 2 atom stereocenters. The van der Waals surface area contributed by atoms with Gasteiger partial charge in [-0.1, -0.05) is 19.3 Å². The Balaban J connectivity index is 1.93. The monoisotopic (exact) mass is 225 g/mol. The van der Waals surface area contributed by atoms with Gasteiger partial charge in [0.05, 0.1) is 0 Å². The first-order chi connectivity index (χ1) is 7.68. The highest BCUT2D eigenvalue weighted by Gasteiger charge is 2.32. The molecule has 0 bridgehead atoms. The molecular formula is C13H27N3. The Hall–Kier alpha value is -0.120. The highest BCUT2D eigenvalue weighted by molar-refractivity contribution is 4.91. The maximum absolute atomic E-state index is 6.51. The molecule has 2 unspecified atom stereocenters. The van der Waals surface area contributed by atoms with Crippen LogP contribution in [0.3, 0.4) is 0 Å². The zero-order chi connectivity index (χ0) is 11.5. The van der Waals surface area contributed by atoms with Crippen molar-refractivity contribution in [3.63, 3.8) is 0 Å². The first-order valence-corrected chi connectivity index (χ1v) is 6.83. The Morgan fingerprint density at radius 2 is 1.75 bits per heavy atom. The van der Waals surface area contributed by atoms with E-state index in [1.807, 2.05) is 0 Å². The van der Waals surface area contributed by atoms with E-state index >= 15 is 0 Å². The summed E-state index contributed by atoms with van der Waals surface area (Å²) < 4.78 is 0. The minimum absolute atomic E-state index is 0.382. The SMILES string of the molecule is CN1CCN(C)C(C(N)C2CCCCC2)C1. The van der Waals surface area contributed by atoms with Crippen LogP contribution in [-0.4, -0.2) is 55.6 Å². The lowest BCUT2D eigenvalue weighted by Gasteiger charge is -2.43. The summed E-state index contributed by atoms with van der Waals surface area (Å²) in [4.78, 5) is 4.90. The lowest BCUT2D eigenvalue weighted by Crippen LogP contribution is -2.59. The summed E-state index contributed by atoms with van der Waals surface area (Å²) in [6.45, 7) is 3.50. The largest absolute Gasteiger partial charge is 0.326 e. The second kappa shape index (κ2) is 5.48. The third-order valence-electron chi connectivity index (χ3n) is 4.54. The van der Waals surface area contributed by atoms with Gasteiger partial charge in [0.2, 0.25) is 0 Å². The molecule has 0 spiro atoms. The second-order valence-corrected chi connectivity index (χ2v) is 5.79. The molecule has 1 heterocycles. The smallest absolute Gasteiger partial charge is 0.0374 e. The predicted octanol–water partition coefficient (Wildman–Crippen LogP) is 1.14. The average Bonchev–Trinajstić information content (AvgIpc) is 2.32. The summed E-state index contributed by atoms with van der Waals surface area (Å²) >= 11 is 0. The van der Waals surface area contributed by atoms with Crippen LogP contribution in [0.15, 0.2) is 0 Å². The van der Waals surface area contributed by atoms with Crippen LogP contribution in [0.4, 0.5) is 0 Å². The fraction of sp³-hybridized carbons (Fsp3) is 1.00. The van der Waals surface area contributed by atoms with Crippen LogP contribution in [0.25, 0.3) is 0 Å². The van der Waals surface area contributed by atoms with Crippen molar-refractivity contribution in [3.05, 3.63) is 0 Å². The molecule has 0 amide bonds. The number of rotatable bonds is 2. The van der Waals surface area contributed by atoms with E-state index in [0.29, 0.717) is 12.1 Å². The molecule has 1 aliphatic carbocycles. The molecule has 1 saturated carbocycles. The first kappa shape index (κ1) is 12.3. The van der Waals surface area contributed by atoms with Gasteiger partial charge in [-0.05, 0) is 32.9 Å². The molecule has 2 N–H and O–H groups in total. The van der Waals surface area contributed by atoms with Gasteiger partial charge >= 0.3 is 0 Å². The van der Waals surface area contributed by atoms with Crippen LogP contribution >= 0.6 is 0 Å². The number of nitrogens with two attached hydrogens (primary N) is 1. The van der Waals surface area contributed by atoms with Gasteiger partial charge in [-0.15, -0.1) is 0 Å². The zero-order valence-corrected chi connectivity index (χ0v) is 10.9. The van der Waals surface area contributed by atoms with Crippen LogP contribution in [0.5, 0.6) is 0 Å². The maximum Gasteiger partial charge on any atom is 0.0374 e. The summed E-state index contributed by atoms with van der Waals surface area (Å²) in [5.41, 5.74) is 6.51. The minimum atomic E-state index is 0.382. The van der Waals surface area contributed by atoms with E-state index in [9.17, 15) is 0 Å².